The van der Waals surface area contributed by atoms with E-state index in [-0.39, 0.29) is 27.3 Å². The fourth-order valence-corrected chi connectivity index (χ4v) is 21.6. The normalized spacial score (nSPS) is 11.5. The average molecular weight is 1420 g/mol. The van der Waals surface area contributed by atoms with Crippen LogP contribution in [0.15, 0.2) is 265 Å². The van der Waals surface area contributed by atoms with Crippen LogP contribution < -0.4 is 39.5 Å². The van der Waals surface area contributed by atoms with Crippen LogP contribution in [0.2, 0.25) is 0 Å². The summed E-state index contributed by atoms with van der Waals surface area (Å²) in [5, 5.41) is 7.99. The van der Waals surface area contributed by atoms with Gasteiger partial charge in [-0.1, -0.05) is 71.8 Å². The zero-order valence-electron chi connectivity index (χ0n) is 54.1. The monoisotopic (exact) mass is 1420 g/mol. The zero-order chi connectivity index (χ0) is 63.4. The first-order valence-electron chi connectivity index (χ1n) is 30.0. The second-order valence-electron chi connectivity index (χ2n) is 24.3. The predicted octanol–water partition coefficient (Wildman–Crippen LogP) is 18.9. The summed E-state index contributed by atoms with van der Waals surface area (Å²) in [6.45, 7) is 30.6. The summed E-state index contributed by atoms with van der Waals surface area (Å²) >= 11 is -1.95. The van der Waals surface area contributed by atoms with Gasteiger partial charge in [-0.3, -0.25) is 0 Å². The molecular formula is C78H86Cl2Ge2N4NiP2+2. The molecule has 89 heavy (non-hydrogen) atoms. The molecule has 0 aromatic heterocycles. The summed E-state index contributed by atoms with van der Waals surface area (Å²) in [6, 6.07) is 90.3. The largest absolute Gasteiger partial charge is 0.0622 e. The molecule has 0 unspecified atom stereocenters. The van der Waals surface area contributed by atoms with Gasteiger partial charge in [0.1, 0.15) is 0 Å². The third kappa shape index (κ3) is 20.6. The Morgan fingerprint density at radius 1 is 0.326 bits per heavy atom. The van der Waals surface area contributed by atoms with Crippen molar-refractivity contribution in [3.05, 3.63) is 299 Å². The van der Waals surface area contributed by atoms with E-state index in [0.717, 1.165) is 23.0 Å². The van der Waals surface area contributed by atoms with Gasteiger partial charge in [-0.25, -0.2) is 0 Å². The molecule has 0 spiro atoms. The van der Waals surface area contributed by atoms with Crippen molar-refractivity contribution in [2.45, 2.75) is 96.9 Å². The van der Waals surface area contributed by atoms with Gasteiger partial charge in [0.15, 0.2) is 0 Å². The van der Waals surface area contributed by atoms with E-state index in [1.807, 2.05) is 36.4 Å². The molecule has 0 atom stereocenters. The smallest absolute Gasteiger partial charge is 0 e. The van der Waals surface area contributed by atoms with Crippen molar-refractivity contribution in [1.82, 2.24) is 0 Å². The van der Waals surface area contributed by atoms with Crippen LogP contribution in [0.3, 0.4) is 0 Å². The molecular weight excluding hydrogens is 1330 g/mol. The van der Waals surface area contributed by atoms with Crippen molar-refractivity contribution in [2.24, 2.45) is 20.8 Å². The molecule has 0 aliphatic rings. The van der Waals surface area contributed by atoms with Crippen LogP contribution in [0, 0.1) is 66.2 Å². The first-order valence-corrected chi connectivity index (χ1v) is 40.4. The van der Waals surface area contributed by atoms with Crippen molar-refractivity contribution in [1.29, 1.82) is 0 Å². The van der Waals surface area contributed by atoms with Gasteiger partial charge < -0.3 is 0 Å². The molecule has 4 nitrogen and oxygen atoms in total. The Kier molecular flexibility index (Phi) is 28.5. The summed E-state index contributed by atoms with van der Waals surface area (Å²) in [6.07, 6.45) is 0. The van der Waals surface area contributed by atoms with Crippen LogP contribution in [0.1, 0.15) is 86.1 Å². The SMILES string of the molecule is Cc1cc(C)c([N]([Ge][Cl])C(=Nc2ccccc2[PH+](c2ccccc2)c2ccccc2)C(C)(C)C)c(C)c1.Cc1cc(C)c([N]([Ge][Cl])C(=Nc2ccccc2[PH+](c2ccccc2)c2ccccc2)C(C)(C)C)c(C)c1.Cc1ccccc1.Cc1ccccc1.[Ni]. The Morgan fingerprint density at radius 3 is 0.764 bits per heavy atom. The molecule has 0 saturated carbocycles. The van der Waals surface area contributed by atoms with Gasteiger partial charge in [-0.05, 0) is 13.8 Å². The van der Waals surface area contributed by atoms with Gasteiger partial charge in [0.2, 0.25) is 0 Å². The van der Waals surface area contributed by atoms with E-state index in [1.54, 1.807) is 0 Å². The van der Waals surface area contributed by atoms with Crippen molar-refractivity contribution in [2.75, 3.05) is 7.71 Å². The maximum absolute atomic E-state index is 6.82. The van der Waals surface area contributed by atoms with E-state index in [9.17, 15) is 0 Å². The summed E-state index contributed by atoms with van der Waals surface area (Å²) in [7, 11) is 11.1. The number of hydrogen-bond donors (Lipinski definition) is 0. The number of hydrogen-bond acceptors (Lipinski definition) is 2. The van der Waals surface area contributed by atoms with Crippen LogP contribution in [-0.4, -0.2) is 41.1 Å². The van der Waals surface area contributed by atoms with Gasteiger partial charge in [-0.2, -0.15) is 0 Å². The first kappa shape index (κ1) is 72.2. The first-order chi connectivity index (χ1) is 42.2. The number of anilines is 2. The van der Waals surface area contributed by atoms with E-state index >= 15 is 0 Å². The maximum atomic E-state index is 6.82. The number of aryl methyl sites for hydroxylation is 8. The van der Waals surface area contributed by atoms with Crippen LogP contribution in [0.25, 0.3) is 0 Å². The van der Waals surface area contributed by atoms with Gasteiger partial charge in [0, 0.05) is 16.5 Å². The predicted molar refractivity (Wildman–Crippen MR) is 398 cm³/mol. The Hall–Kier alpha value is -5.84. The molecule has 0 bridgehead atoms. The number of rotatable bonds is 12. The Labute approximate surface area is 568 Å². The van der Waals surface area contributed by atoms with Crippen molar-refractivity contribution in [3.8, 4) is 0 Å². The molecule has 0 fully saturated rings. The minimum Gasteiger partial charge on any atom is -0.0622 e. The second-order valence-corrected chi connectivity index (χ2v) is 33.5. The van der Waals surface area contributed by atoms with E-state index < -0.39 is 45.3 Å². The number of para-hydroxylation sites is 2. The minimum atomic E-state index is -1.26. The van der Waals surface area contributed by atoms with Crippen molar-refractivity contribution >= 4 is 132 Å². The number of amidine groups is 2. The standard InChI is InChI=1S/2C32H34ClGeN2P.2C7H8.Ni/c2*1-23-21-24(2)30(25(3)22-23)36(34-33)31(32(4,5)6)35-28-19-13-14-20-29(28)37(26-15-9-7-10-16-26)27-17-11-8-12-18-27;2*1-7-5-3-2-4-6-7;/h2*7-22H,1-6H3;2*2-6H,1H3;/p+2. The van der Waals surface area contributed by atoms with Crippen LogP contribution in [0.5, 0.6) is 0 Å². The molecule has 0 aliphatic heterocycles. The number of nitrogens with zero attached hydrogens (tertiary/aromatic N) is 4. The fourth-order valence-electron chi connectivity index (χ4n) is 10.8. The van der Waals surface area contributed by atoms with Crippen molar-refractivity contribution in [3.63, 3.8) is 0 Å². The van der Waals surface area contributed by atoms with Crippen molar-refractivity contribution < 1.29 is 16.5 Å². The molecule has 10 aromatic rings. The van der Waals surface area contributed by atoms with Gasteiger partial charge in [0.05, 0.1) is 0 Å². The summed E-state index contributed by atoms with van der Waals surface area (Å²) in [5.41, 5.74) is 14.2. The molecule has 10 aromatic carbocycles. The Balaban J connectivity index is 0.000000230. The number of aliphatic imine (C=N–C) groups is 2. The average Bonchev–Trinajstić information content (AvgIpc) is 1.27. The quantitative estimate of drug-likeness (QED) is 0.0528. The van der Waals surface area contributed by atoms with Gasteiger partial charge in [0.25, 0.3) is 0 Å². The molecule has 0 heterocycles. The molecule has 4 radical (unpaired) electrons. The van der Waals surface area contributed by atoms with E-state index in [4.69, 9.17) is 30.0 Å². The molecule has 11 heteroatoms. The van der Waals surface area contributed by atoms with Crippen LogP contribution in [-0.2, 0) is 16.5 Å². The molecule has 0 aliphatic carbocycles. The summed E-state index contributed by atoms with van der Waals surface area (Å²) < 4.78 is 4.64. The van der Waals surface area contributed by atoms with E-state index in [0.29, 0.717) is 0 Å². The Bertz CT molecular complexity index is 3470. The second kappa shape index (κ2) is 35.1. The molecule has 10 rings (SSSR count). The third-order valence-electron chi connectivity index (χ3n) is 14.6. The zero-order valence-corrected chi connectivity index (χ0v) is 62.8. The fraction of sp³-hybridized carbons (Fsp3) is 0.205. The summed E-state index contributed by atoms with van der Waals surface area (Å²) in [5.74, 6) is 2.04. The summed E-state index contributed by atoms with van der Waals surface area (Å²) in [4.78, 5) is 10.9. The van der Waals surface area contributed by atoms with E-state index in [1.165, 1.54) is 87.7 Å². The Morgan fingerprint density at radius 2 is 0.551 bits per heavy atom. The third-order valence-corrected chi connectivity index (χ3v) is 24.4. The molecule has 0 N–H and O–H groups in total. The van der Waals surface area contributed by atoms with Crippen LogP contribution in [0.4, 0.5) is 22.7 Å². The maximum Gasteiger partial charge on any atom is 0 e. The minimum absolute atomic E-state index is 0. The number of halogens is 2. The van der Waals surface area contributed by atoms with Gasteiger partial charge >= 0.3 is 471 Å². The number of benzene rings is 10. The molecule has 0 amide bonds. The van der Waals surface area contributed by atoms with Gasteiger partial charge in [-0.15, -0.1) is 0 Å². The topological polar surface area (TPSA) is 31.2 Å². The van der Waals surface area contributed by atoms with E-state index in [2.05, 4.69) is 323 Å². The molecule has 0 saturated heterocycles. The van der Waals surface area contributed by atoms with Crippen LogP contribution >= 0.6 is 35.9 Å². The molecule has 458 valence electrons.